The first-order valence-electron chi connectivity index (χ1n) is 5.07. The molecular formula is C13H12N2O. The number of benzene rings is 1. The number of carbonyl (C=O) groups excluding carboxylic acids is 1. The molecule has 2 aromatic rings. The van der Waals surface area contributed by atoms with Gasteiger partial charge in [-0.15, -0.1) is 0 Å². The van der Waals surface area contributed by atoms with E-state index in [1.54, 1.807) is 6.07 Å². The molecule has 0 radical (unpaired) electrons. The van der Waals surface area contributed by atoms with Crippen LogP contribution in [0.3, 0.4) is 0 Å². The van der Waals surface area contributed by atoms with E-state index < -0.39 is 0 Å². The number of hydrogen-bond acceptors (Lipinski definition) is 3. The quantitative estimate of drug-likeness (QED) is 0.718. The Hall–Kier alpha value is -2.03. The molecule has 1 aromatic carbocycles. The lowest BCUT2D eigenvalue weighted by Crippen LogP contribution is -1.96. The molecule has 0 saturated heterocycles. The van der Waals surface area contributed by atoms with E-state index in [0.29, 0.717) is 11.5 Å². The zero-order valence-corrected chi connectivity index (χ0v) is 9.27. The Labute approximate surface area is 94.2 Å². The Kier molecular flexibility index (Phi) is 2.77. The molecule has 0 saturated carbocycles. The predicted molar refractivity (Wildman–Crippen MR) is 62.3 cm³/mol. The van der Waals surface area contributed by atoms with Gasteiger partial charge in [0, 0.05) is 11.3 Å². The Morgan fingerprint density at radius 2 is 1.94 bits per heavy atom. The number of carbonyl (C=O) groups is 1. The summed E-state index contributed by atoms with van der Waals surface area (Å²) in [5.41, 5.74) is 3.31. The van der Waals surface area contributed by atoms with E-state index in [1.807, 2.05) is 38.1 Å². The summed E-state index contributed by atoms with van der Waals surface area (Å²) in [4.78, 5) is 19.2. The van der Waals surface area contributed by atoms with Crippen LogP contribution in [0.2, 0.25) is 0 Å². The molecule has 0 fully saturated rings. The first kappa shape index (κ1) is 10.5. The SMILES string of the molecule is Cc1cccc(-c2nc(C)cc(C=O)n2)c1. The summed E-state index contributed by atoms with van der Waals surface area (Å²) in [6.07, 6.45) is 0.744. The number of aldehydes is 1. The number of hydrogen-bond donors (Lipinski definition) is 0. The van der Waals surface area contributed by atoms with Crippen LogP contribution in [0.4, 0.5) is 0 Å². The van der Waals surface area contributed by atoms with Gasteiger partial charge in [-0.2, -0.15) is 0 Å². The van der Waals surface area contributed by atoms with Crippen LogP contribution in [0.25, 0.3) is 11.4 Å². The van der Waals surface area contributed by atoms with Gasteiger partial charge in [-0.1, -0.05) is 23.8 Å². The van der Waals surface area contributed by atoms with Crippen LogP contribution < -0.4 is 0 Å². The van der Waals surface area contributed by atoms with Gasteiger partial charge in [-0.3, -0.25) is 4.79 Å². The summed E-state index contributed by atoms with van der Waals surface area (Å²) in [5, 5.41) is 0. The molecule has 0 unspecified atom stereocenters. The maximum atomic E-state index is 10.7. The molecule has 2 rings (SSSR count). The number of aromatic nitrogens is 2. The van der Waals surface area contributed by atoms with E-state index in [9.17, 15) is 4.79 Å². The van der Waals surface area contributed by atoms with E-state index in [2.05, 4.69) is 9.97 Å². The van der Waals surface area contributed by atoms with Gasteiger partial charge in [0.2, 0.25) is 0 Å². The van der Waals surface area contributed by atoms with Gasteiger partial charge in [0.15, 0.2) is 12.1 Å². The van der Waals surface area contributed by atoms with E-state index in [0.717, 1.165) is 23.1 Å². The number of aryl methyl sites for hydroxylation is 2. The molecule has 1 aromatic heterocycles. The van der Waals surface area contributed by atoms with Gasteiger partial charge in [-0.25, -0.2) is 9.97 Å². The summed E-state index contributed by atoms with van der Waals surface area (Å²) in [6.45, 7) is 3.87. The zero-order chi connectivity index (χ0) is 11.5. The van der Waals surface area contributed by atoms with Crippen LogP contribution in [-0.2, 0) is 0 Å². The molecular weight excluding hydrogens is 200 g/mol. The molecule has 0 atom stereocenters. The van der Waals surface area contributed by atoms with Gasteiger partial charge < -0.3 is 0 Å². The van der Waals surface area contributed by atoms with Crippen LogP contribution >= 0.6 is 0 Å². The molecule has 0 spiro atoms. The van der Waals surface area contributed by atoms with Gasteiger partial charge in [0.05, 0.1) is 0 Å². The Morgan fingerprint density at radius 1 is 1.12 bits per heavy atom. The maximum Gasteiger partial charge on any atom is 0.168 e. The normalized spacial score (nSPS) is 10.1. The fourth-order valence-electron chi connectivity index (χ4n) is 1.57. The summed E-state index contributed by atoms with van der Waals surface area (Å²) >= 11 is 0. The third kappa shape index (κ3) is 2.14. The van der Waals surface area contributed by atoms with E-state index in [-0.39, 0.29) is 0 Å². The molecule has 80 valence electrons. The number of rotatable bonds is 2. The maximum absolute atomic E-state index is 10.7. The first-order chi connectivity index (χ1) is 7.69. The molecule has 0 aliphatic heterocycles. The lowest BCUT2D eigenvalue weighted by Gasteiger charge is -2.03. The monoisotopic (exact) mass is 212 g/mol. The topological polar surface area (TPSA) is 42.9 Å². The summed E-state index contributed by atoms with van der Waals surface area (Å²) in [7, 11) is 0. The largest absolute Gasteiger partial charge is 0.296 e. The van der Waals surface area contributed by atoms with Crippen LogP contribution in [-0.4, -0.2) is 16.3 Å². The molecule has 0 amide bonds. The second-order valence-electron chi connectivity index (χ2n) is 3.75. The van der Waals surface area contributed by atoms with Crippen molar-refractivity contribution in [2.75, 3.05) is 0 Å². The van der Waals surface area contributed by atoms with Crippen molar-refractivity contribution in [3.05, 3.63) is 47.3 Å². The minimum Gasteiger partial charge on any atom is -0.296 e. The molecule has 1 heterocycles. The number of nitrogens with zero attached hydrogens (tertiary/aromatic N) is 2. The van der Waals surface area contributed by atoms with Crippen molar-refractivity contribution in [1.82, 2.24) is 9.97 Å². The molecule has 0 aliphatic rings. The van der Waals surface area contributed by atoms with Crippen LogP contribution in [0.15, 0.2) is 30.3 Å². The van der Waals surface area contributed by atoms with Crippen molar-refractivity contribution in [3.63, 3.8) is 0 Å². The Bertz CT molecular complexity index is 535. The summed E-state index contributed by atoms with van der Waals surface area (Å²) < 4.78 is 0. The van der Waals surface area contributed by atoms with Crippen LogP contribution in [0.1, 0.15) is 21.7 Å². The second kappa shape index (κ2) is 4.23. The third-order valence-corrected chi connectivity index (χ3v) is 2.27. The van der Waals surface area contributed by atoms with Crippen molar-refractivity contribution in [2.24, 2.45) is 0 Å². The van der Waals surface area contributed by atoms with Crippen molar-refractivity contribution in [3.8, 4) is 11.4 Å². The summed E-state index contributed by atoms with van der Waals surface area (Å²) in [5.74, 6) is 0.603. The lowest BCUT2D eigenvalue weighted by molar-refractivity contribution is 0.111. The van der Waals surface area contributed by atoms with Crippen molar-refractivity contribution in [1.29, 1.82) is 0 Å². The van der Waals surface area contributed by atoms with Crippen molar-refractivity contribution < 1.29 is 4.79 Å². The zero-order valence-electron chi connectivity index (χ0n) is 9.27. The first-order valence-corrected chi connectivity index (χ1v) is 5.07. The summed E-state index contributed by atoms with van der Waals surface area (Å²) in [6, 6.07) is 9.59. The Morgan fingerprint density at radius 3 is 2.62 bits per heavy atom. The van der Waals surface area contributed by atoms with Gasteiger partial charge in [0.25, 0.3) is 0 Å². The average Bonchev–Trinajstić information content (AvgIpc) is 2.28. The van der Waals surface area contributed by atoms with E-state index >= 15 is 0 Å². The molecule has 0 aliphatic carbocycles. The molecule has 3 nitrogen and oxygen atoms in total. The minimum atomic E-state index is 0.420. The highest BCUT2D eigenvalue weighted by Gasteiger charge is 2.04. The smallest absolute Gasteiger partial charge is 0.168 e. The standard InChI is InChI=1S/C13H12N2O/c1-9-4-3-5-11(6-9)13-14-10(2)7-12(8-16)15-13/h3-8H,1-2H3. The highest BCUT2D eigenvalue weighted by atomic mass is 16.1. The highest BCUT2D eigenvalue weighted by molar-refractivity contribution is 5.73. The van der Waals surface area contributed by atoms with E-state index in [1.165, 1.54) is 0 Å². The predicted octanol–water partition coefficient (Wildman–Crippen LogP) is 2.57. The fraction of sp³-hybridized carbons (Fsp3) is 0.154. The van der Waals surface area contributed by atoms with Gasteiger partial charge >= 0.3 is 0 Å². The van der Waals surface area contributed by atoms with Crippen molar-refractivity contribution >= 4 is 6.29 Å². The van der Waals surface area contributed by atoms with Crippen LogP contribution in [0.5, 0.6) is 0 Å². The molecule has 0 bridgehead atoms. The van der Waals surface area contributed by atoms with Crippen molar-refractivity contribution in [2.45, 2.75) is 13.8 Å². The lowest BCUT2D eigenvalue weighted by atomic mass is 10.1. The third-order valence-electron chi connectivity index (χ3n) is 2.27. The molecule has 3 heteroatoms. The minimum absolute atomic E-state index is 0.420. The fourth-order valence-corrected chi connectivity index (χ4v) is 1.57. The highest BCUT2D eigenvalue weighted by Crippen LogP contribution is 2.16. The van der Waals surface area contributed by atoms with Gasteiger partial charge in [0.1, 0.15) is 5.69 Å². The van der Waals surface area contributed by atoms with Crippen LogP contribution in [0, 0.1) is 13.8 Å². The molecule has 16 heavy (non-hydrogen) atoms. The van der Waals surface area contributed by atoms with E-state index in [4.69, 9.17) is 0 Å². The average molecular weight is 212 g/mol. The Balaban J connectivity index is 2.55. The second-order valence-corrected chi connectivity index (χ2v) is 3.75. The molecule has 0 N–H and O–H groups in total. The van der Waals surface area contributed by atoms with Gasteiger partial charge in [-0.05, 0) is 26.0 Å².